The summed E-state index contributed by atoms with van der Waals surface area (Å²) >= 11 is 0. The molecule has 0 amide bonds. The van der Waals surface area contributed by atoms with Crippen molar-refractivity contribution in [3.8, 4) is 0 Å². The van der Waals surface area contributed by atoms with E-state index >= 15 is 0 Å². The van der Waals surface area contributed by atoms with Crippen molar-refractivity contribution >= 4 is 23.8 Å². The summed E-state index contributed by atoms with van der Waals surface area (Å²) in [5.41, 5.74) is 4.37. The normalized spacial score (nSPS) is 11.8. The average molecular weight is 431 g/mol. The molecule has 0 aromatic heterocycles. The monoisotopic (exact) mass is 430 g/mol. The van der Waals surface area contributed by atoms with Crippen LogP contribution in [-0.4, -0.2) is 0 Å². The van der Waals surface area contributed by atoms with Crippen molar-refractivity contribution < 1.29 is 0 Å². The molecule has 164 valence electrons. The zero-order valence-corrected chi connectivity index (χ0v) is 21.1. The predicted molar refractivity (Wildman–Crippen MR) is 141 cm³/mol. The van der Waals surface area contributed by atoms with Gasteiger partial charge < -0.3 is 0 Å². The molecule has 0 unspecified atom stereocenters. The van der Waals surface area contributed by atoms with Gasteiger partial charge in [0.2, 0.25) is 0 Å². The van der Waals surface area contributed by atoms with Gasteiger partial charge in [-0.2, -0.15) is 0 Å². The van der Waals surface area contributed by atoms with Crippen LogP contribution >= 0.6 is 7.92 Å². The van der Waals surface area contributed by atoms with E-state index in [-0.39, 0.29) is 0 Å². The summed E-state index contributed by atoms with van der Waals surface area (Å²) < 4.78 is 0. The molecular weight excluding hydrogens is 391 g/mol. The van der Waals surface area contributed by atoms with Gasteiger partial charge in [-0.05, 0) is 77.5 Å². The molecule has 0 bridgehead atoms. The molecule has 0 saturated carbocycles. The average Bonchev–Trinajstić information content (AvgIpc) is 2.68. The Morgan fingerprint density at radius 3 is 1.03 bits per heavy atom. The Bertz CT molecular complexity index is 840. The number of hydrogen-bond donors (Lipinski definition) is 0. The molecule has 0 radical (unpaired) electrons. The van der Waals surface area contributed by atoms with Gasteiger partial charge in [0.25, 0.3) is 0 Å². The molecule has 3 rings (SSSR count). The number of benzene rings is 3. The van der Waals surface area contributed by atoms with Gasteiger partial charge in [-0.15, -0.1) is 0 Å². The molecule has 0 nitrogen and oxygen atoms in total. The first-order valence-electron chi connectivity index (χ1n) is 11.9. The van der Waals surface area contributed by atoms with Crippen LogP contribution in [0.2, 0.25) is 0 Å². The molecule has 0 atom stereocenters. The fourth-order valence-electron chi connectivity index (χ4n) is 4.33. The maximum atomic E-state index is 2.47. The van der Waals surface area contributed by atoms with E-state index in [1.807, 2.05) is 0 Å². The van der Waals surface area contributed by atoms with Crippen LogP contribution in [0, 0.1) is 17.8 Å². The highest BCUT2D eigenvalue weighted by atomic mass is 31.1. The van der Waals surface area contributed by atoms with E-state index in [0.717, 1.165) is 19.3 Å². The van der Waals surface area contributed by atoms with Crippen molar-refractivity contribution in [3.05, 3.63) is 89.5 Å². The first kappa shape index (κ1) is 23.7. The van der Waals surface area contributed by atoms with Gasteiger partial charge >= 0.3 is 0 Å². The van der Waals surface area contributed by atoms with Gasteiger partial charge in [0.1, 0.15) is 0 Å². The second kappa shape index (κ2) is 11.1. The van der Waals surface area contributed by atoms with Gasteiger partial charge in [0.15, 0.2) is 0 Å². The predicted octanol–water partition coefficient (Wildman–Crippen LogP) is 7.04. The van der Waals surface area contributed by atoms with Crippen molar-refractivity contribution in [3.63, 3.8) is 0 Å². The van der Waals surface area contributed by atoms with Crippen LogP contribution in [0.3, 0.4) is 0 Å². The van der Waals surface area contributed by atoms with Crippen molar-refractivity contribution in [2.24, 2.45) is 17.8 Å². The van der Waals surface area contributed by atoms with Crippen molar-refractivity contribution in [2.45, 2.75) is 60.8 Å². The van der Waals surface area contributed by atoms with Gasteiger partial charge in [-0.25, -0.2) is 0 Å². The van der Waals surface area contributed by atoms with Gasteiger partial charge in [-0.1, -0.05) is 114 Å². The molecular formula is C30H39P. The number of rotatable bonds is 9. The highest BCUT2D eigenvalue weighted by molar-refractivity contribution is 7.79. The van der Waals surface area contributed by atoms with E-state index in [1.165, 1.54) is 32.6 Å². The molecule has 0 heterocycles. The lowest BCUT2D eigenvalue weighted by atomic mass is 10.0. The Labute approximate surface area is 191 Å². The lowest BCUT2D eigenvalue weighted by Crippen LogP contribution is -2.22. The summed E-state index contributed by atoms with van der Waals surface area (Å²) in [5.74, 6) is 2.01. The van der Waals surface area contributed by atoms with E-state index in [4.69, 9.17) is 0 Å². The summed E-state index contributed by atoms with van der Waals surface area (Å²) in [6, 6.07) is 28.1. The summed E-state index contributed by atoms with van der Waals surface area (Å²) in [7, 11) is -0.570. The van der Waals surface area contributed by atoms with Crippen LogP contribution < -0.4 is 15.9 Å². The van der Waals surface area contributed by atoms with Crippen LogP contribution in [-0.2, 0) is 19.3 Å². The van der Waals surface area contributed by atoms with Gasteiger partial charge in [0, 0.05) is 0 Å². The van der Waals surface area contributed by atoms with Gasteiger partial charge in [0.05, 0.1) is 0 Å². The zero-order chi connectivity index (χ0) is 22.4. The van der Waals surface area contributed by atoms with Crippen LogP contribution in [0.25, 0.3) is 0 Å². The molecule has 0 aliphatic rings. The zero-order valence-electron chi connectivity index (χ0n) is 20.2. The van der Waals surface area contributed by atoms with Crippen molar-refractivity contribution in [1.29, 1.82) is 0 Å². The fraction of sp³-hybridized carbons (Fsp3) is 0.400. The molecule has 1 heteroatoms. The first-order valence-corrected chi connectivity index (χ1v) is 13.2. The Morgan fingerprint density at radius 1 is 0.484 bits per heavy atom. The highest BCUT2D eigenvalue weighted by Gasteiger charge is 2.18. The van der Waals surface area contributed by atoms with E-state index in [9.17, 15) is 0 Å². The molecule has 0 fully saturated rings. The van der Waals surface area contributed by atoms with Crippen LogP contribution in [0.4, 0.5) is 0 Å². The molecule has 0 aliphatic carbocycles. The third kappa shape index (κ3) is 7.05. The molecule has 3 aromatic carbocycles. The maximum Gasteiger partial charge on any atom is -0.0134 e. The SMILES string of the molecule is CC(C)Cc1cccc(P(c2cccc(CC(C)C)c2)c2cccc(CC(C)C)c2)c1. The quantitative estimate of drug-likeness (QED) is 0.319. The van der Waals surface area contributed by atoms with E-state index in [0.29, 0.717) is 17.8 Å². The first-order chi connectivity index (χ1) is 14.8. The molecule has 3 aromatic rings. The van der Waals surface area contributed by atoms with Crippen molar-refractivity contribution in [1.82, 2.24) is 0 Å². The summed E-state index contributed by atoms with van der Waals surface area (Å²) in [5, 5.41) is 4.41. The Morgan fingerprint density at radius 2 is 0.774 bits per heavy atom. The minimum Gasteiger partial charge on any atom is -0.0625 e. The smallest absolute Gasteiger partial charge is 0.0134 e. The Balaban J connectivity index is 2.09. The van der Waals surface area contributed by atoms with E-state index < -0.39 is 7.92 Å². The number of hydrogen-bond acceptors (Lipinski definition) is 0. The molecule has 0 aliphatic heterocycles. The molecule has 0 saturated heterocycles. The minimum absolute atomic E-state index is 0.570. The fourth-order valence-corrected chi connectivity index (χ4v) is 6.81. The Kier molecular flexibility index (Phi) is 8.50. The highest BCUT2D eigenvalue weighted by Crippen LogP contribution is 2.34. The van der Waals surface area contributed by atoms with Gasteiger partial charge in [-0.3, -0.25) is 0 Å². The van der Waals surface area contributed by atoms with Crippen molar-refractivity contribution in [2.75, 3.05) is 0 Å². The van der Waals surface area contributed by atoms with Crippen LogP contribution in [0.1, 0.15) is 58.2 Å². The Hall–Kier alpha value is -1.91. The molecule has 0 spiro atoms. The largest absolute Gasteiger partial charge is 0.0625 e. The van der Waals surface area contributed by atoms with Crippen LogP contribution in [0.15, 0.2) is 72.8 Å². The second-order valence-corrected chi connectivity index (χ2v) is 12.4. The lowest BCUT2D eigenvalue weighted by Gasteiger charge is -2.22. The third-order valence-corrected chi connectivity index (χ3v) is 7.82. The molecule has 31 heavy (non-hydrogen) atoms. The second-order valence-electron chi connectivity index (χ2n) is 10.1. The summed E-state index contributed by atoms with van der Waals surface area (Å²) in [4.78, 5) is 0. The van der Waals surface area contributed by atoms with E-state index in [2.05, 4.69) is 114 Å². The topological polar surface area (TPSA) is 0 Å². The van der Waals surface area contributed by atoms with Crippen LogP contribution in [0.5, 0.6) is 0 Å². The van der Waals surface area contributed by atoms with E-state index in [1.54, 1.807) is 0 Å². The molecule has 0 N–H and O–H groups in total. The summed E-state index contributed by atoms with van der Waals surface area (Å²) in [6.45, 7) is 13.8. The minimum atomic E-state index is -0.570. The standard InChI is InChI=1S/C30H39P/c1-22(2)16-25-10-7-13-28(19-25)31(29-14-8-11-26(20-29)17-23(3)4)30-15-9-12-27(21-30)18-24(5)6/h7-15,19-24H,16-18H2,1-6H3. The lowest BCUT2D eigenvalue weighted by molar-refractivity contribution is 0.647. The maximum absolute atomic E-state index is 2.47. The summed E-state index contributed by atoms with van der Waals surface area (Å²) in [6.07, 6.45) is 3.41. The third-order valence-electron chi connectivity index (χ3n) is 5.44.